The summed E-state index contributed by atoms with van der Waals surface area (Å²) >= 11 is 0. The summed E-state index contributed by atoms with van der Waals surface area (Å²) in [5.41, 5.74) is 1.68. The Morgan fingerprint density at radius 1 is 1.62 bits per heavy atom. The number of nitrogens with zero attached hydrogens (tertiary/aromatic N) is 1. The molecule has 0 aliphatic heterocycles. The molecule has 0 aliphatic rings. The van der Waals surface area contributed by atoms with Crippen LogP contribution in [0.25, 0.3) is 0 Å². The lowest BCUT2D eigenvalue weighted by atomic mass is 10.1. The molecular weight excluding hydrogens is 166 g/mol. The molecule has 1 rings (SSSR count). The molecule has 0 amide bonds. The lowest BCUT2D eigenvalue weighted by molar-refractivity contribution is -0.131. The molecule has 0 spiro atoms. The zero-order valence-corrected chi connectivity index (χ0v) is 7.40. The molecule has 3 nitrogen and oxygen atoms in total. The van der Waals surface area contributed by atoms with Crippen LogP contribution < -0.4 is 0 Å². The summed E-state index contributed by atoms with van der Waals surface area (Å²) in [5, 5.41) is 8.47. The topological polar surface area (TPSA) is 50.2 Å². The zero-order chi connectivity index (χ0) is 9.68. The fourth-order valence-electron chi connectivity index (χ4n) is 1.05. The Kier molecular flexibility index (Phi) is 3.20. The van der Waals surface area contributed by atoms with E-state index in [4.69, 9.17) is 5.11 Å². The van der Waals surface area contributed by atoms with Crippen LogP contribution in [-0.4, -0.2) is 16.1 Å². The molecule has 0 aliphatic carbocycles. The van der Waals surface area contributed by atoms with E-state index in [2.05, 4.69) is 4.98 Å². The van der Waals surface area contributed by atoms with Crippen LogP contribution >= 0.6 is 0 Å². The maximum Gasteiger partial charge on any atom is 0.328 e. The summed E-state index contributed by atoms with van der Waals surface area (Å²) in [7, 11) is 0. The van der Waals surface area contributed by atoms with Gasteiger partial charge in [-0.15, -0.1) is 0 Å². The standard InChI is InChI=1S/C10H11NO2/c1-8(7-10(12)13)6-9-4-2-3-5-11-9/h2-5,7H,6H2,1H3,(H,12,13)/b8-7+. The molecule has 0 fully saturated rings. The molecule has 0 atom stereocenters. The van der Waals surface area contributed by atoms with Gasteiger partial charge in [0, 0.05) is 24.4 Å². The first-order chi connectivity index (χ1) is 6.18. The van der Waals surface area contributed by atoms with E-state index in [1.165, 1.54) is 6.08 Å². The predicted molar refractivity (Wildman–Crippen MR) is 49.3 cm³/mol. The number of carbonyl (C=O) groups is 1. The van der Waals surface area contributed by atoms with Crippen LogP contribution in [0.4, 0.5) is 0 Å². The van der Waals surface area contributed by atoms with Gasteiger partial charge in [-0.05, 0) is 19.1 Å². The van der Waals surface area contributed by atoms with Gasteiger partial charge < -0.3 is 5.11 Å². The lowest BCUT2D eigenvalue weighted by Crippen LogP contribution is -1.94. The average molecular weight is 177 g/mol. The molecule has 0 saturated carbocycles. The number of rotatable bonds is 3. The maximum atomic E-state index is 10.3. The van der Waals surface area contributed by atoms with E-state index in [-0.39, 0.29) is 0 Å². The third-order valence-electron chi connectivity index (χ3n) is 1.56. The highest BCUT2D eigenvalue weighted by molar-refractivity contribution is 5.80. The molecule has 0 bridgehead atoms. The largest absolute Gasteiger partial charge is 0.478 e. The smallest absolute Gasteiger partial charge is 0.328 e. The number of carboxylic acids is 1. The van der Waals surface area contributed by atoms with Gasteiger partial charge in [-0.25, -0.2) is 4.79 Å². The Labute approximate surface area is 76.7 Å². The van der Waals surface area contributed by atoms with Crippen molar-refractivity contribution in [3.63, 3.8) is 0 Å². The molecule has 0 aromatic carbocycles. The van der Waals surface area contributed by atoms with Crippen molar-refractivity contribution in [2.24, 2.45) is 0 Å². The molecule has 3 heteroatoms. The van der Waals surface area contributed by atoms with Crippen molar-refractivity contribution in [2.45, 2.75) is 13.3 Å². The summed E-state index contributed by atoms with van der Waals surface area (Å²) in [6, 6.07) is 5.59. The van der Waals surface area contributed by atoms with Gasteiger partial charge in [-0.1, -0.05) is 11.6 Å². The molecule has 0 radical (unpaired) electrons. The van der Waals surface area contributed by atoms with Crippen molar-refractivity contribution in [3.8, 4) is 0 Å². The molecule has 0 unspecified atom stereocenters. The Hall–Kier alpha value is -1.64. The molecular formula is C10H11NO2. The van der Waals surface area contributed by atoms with Crippen molar-refractivity contribution < 1.29 is 9.90 Å². The Balaban J connectivity index is 2.65. The molecule has 0 saturated heterocycles. The van der Waals surface area contributed by atoms with E-state index >= 15 is 0 Å². The average Bonchev–Trinajstić information content (AvgIpc) is 2.04. The first-order valence-electron chi connectivity index (χ1n) is 3.98. The Morgan fingerprint density at radius 3 is 2.92 bits per heavy atom. The van der Waals surface area contributed by atoms with Gasteiger partial charge in [0.2, 0.25) is 0 Å². The summed E-state index contributed by atoms with van der Waals surface area (Å²) in [5.74, 6) is -0.909. The summed E-state index contributed by atoms with van der Waals surface area (Å²) < 4.78 is 0. The number of allylic oxidation sites excluding steroid dienone is 1. The van der Waals surface area contributed by atoms with Gasteiger partial charge in [0.05, 0.1) is 0 Å². The first-order valence-corrected chi connectivity index (χ1v) is 3.98. The van der Waals surface area contributed by atoms with Crippen molar-refractivity contribution >= 4 is 5.97 Å². The fraction of sp³-hybridized carbons (Fsp3) is 0.200. The van der Waals surface area contributed by atoms with Crippen LogP contribution in [0.15, 0.2) is 36.0 Å². The third-order valence-corrected chi connectivity index (χ3v) is 1.56. The highest BCUT2D eigenvalue weighted by Gasteiger charge is 1.97. The van der Waals surface area contributed by atoms with Crippen LogP contribution in [0.5, 0.6) is 0 Å². The quantitative estimate of drug-likeness (QED) is 0.714. The predicted octanol–water partition coefficient (Wildman–Crippen LogP) is 1.66. The second-order valence-electron chi connectivity index (χ2n) is 2.83. The summed E-state index contributed by atoms with van der Waals surface area (Å²) in [6.45, 7) is 1.78. The van der Waals surface area contributed by atoms with Gasteiger partial charge in [-0.3, -0.25) is 4.98 Å². The molecule has 1 aromatic heterocycles. The normalized spacial score (nSPS) is 11.3. The second-order valence-corrected chi connectivity index (χ2v) is 2.83. The van der Waals surface area contributed by atoms with E-state index in [1.807, 2.05) is 18.2 Å². The molecule has 1 aromatic rings. The lowest BCUT2D eigenvalue weighted by Gasteiger charge is -1.98. The fourth-order valence-corrected chi connectivity index (χ4v) is 1.05. The highest BCUT2D eigenvalue weighted by atomic mass is 16.4. The zero-order valence-electron chi connectivity index (χ0n) is 7.40. The van der Waals surface area contributed by atoms with Crippen molar-refractivity contribution in [1.82, 2.24) is 4.98 Å². The van der Waals surface area contributed by atoms with Crippen molar-refractivity contribution in [3.05, 3.63) is 41.7 Å². The van der Waals surface area contributed by atoms with Crippen molar-refractivity contribution in [1.29, 1.82) is 0 Å². The minimum Gasteiger partial charge on any atom is -0.478 e. The molecule has 68 valence electrons. The summed E-state index contributed by atoms with van der Waals surface area (Å²) in [6.07, 6.45) is 3.49. The number of aliphatic carboxylic acids is 1. The summed E-state index contributed by atoms with van der Waals surface area (Å²) in [4.78, 5) is 14.4. The SMILES string of the molecule is C/C(=C\C(=O)O)Cc1ccccn1. The van der Waals surface area contributed by atoms with Crippen LogP contribution in [0, 0.1) is 0 Å². The number of hydrogen-bond acceptors (Lipinski definition) is 2. The van der Waals surface area contributed by atoms with Crippen molar-refractivity contribution in [2.75, 3.05) is 0 Å². The van der Waals surface area contributed by atoms with E-state index < -0.39 is 5.97 Å². The maximum absolute atomic E-state index is 10.3. The first kappa shape index (κ1) is 9.45. The van der Waals surface area contributed by atoms with Gasteiger partial charge >= 0.3 is 5.97 Å². The third kappa shape index (κ3) is 3.51. The molecule has 1 heterocycles. The second kappa shape index (κ2) is 4.40. The van der Waals surface area contributed by atoms with Crippen LogP contribution in [0.3, 0.4) is 0 Å². The number of pyridine rings is 1. The minimum absolute atomic E-state index is 0.590. The van der Waals surface area contributed by atoms with Gasteiger partial charge in [0.25, 0.3) is 0 Å². The highest BCUT2D eigenvalue weighted by Crippen LogP contribution is 2.03. The van der Waals surface area contributed by atoms with Gasteiger partial charge in [0.1, 0.15) is 0 Å². The van der Waals surface area contributed by atoms with E-state index in [0.717, 1.165) is 11.3 Å². The number of aromatic nitrogens is 1. The molecule has 13 heavy (non-hydrogen) atoms. The van der Waals surface area contributed by atoms with Gasteiger partial charge in [0.15, 0.2) is 0 Å². The molecule has 1 N–H and O–H groups in total. The van der Waals surface area contributed by atoms with Gasteiger partial charge in [-0.2, -0.15) is 0 Å². The minimum atomic E-state index is -0.909. The van der Waals surface area contributed by atoms with E-state index in [0.29, 0.717) is 6.42 Å². The van der Waals surface area contributed by atoms with Crippen LogP contribution in [0.1, 0.15) is 12.6 Å². The number of hydrogen-bond donors (Lipinski definition) is 1. The van der Waals surface area contributed by atoms with Crippen LogP contribution in [0.2, 0.25) is 0 Å². The Bertz CT molecular complexity index is 317. The van der Waals surface area contributed by atoms with E-state index in [9.17, 15) is 4.79 Å². The van der Waals surface area contributed by atoms with E-state index in [1.54, 1.807) is 13.1 Å². The van der Waals surface area contributed by atoms with Crippen LogP contribution in [-0.2, 0) is 11.2 Å². The number of carboxylic acid groups (broad SMARTS) is 1. The Morgan fingerprint density at radius 2 is 2.38 bits per heavy atom. The monoisotopic (exact) mass is 177 g/mol.